The van der Waals surface area contributed by atoms with Gasteiger partial charge in [-0.25, -0.2) is 4.39 Å². The van der Waals surface area contributed by atoms with Crippen molar-refractivity contribution in [3.63, 3.8) is 0 Å². The van der Waals surface area contributed by atoms with Gasteiger partial charge in [0.15, 0.2) is 5.78 Å². The SMILES string of the molecule is N#Cc1cc(F)ccc1CC(=O)c1cc(NC(=O)C2C(c3cc(Cl)cc(Br)c3)C2(Cl)Cl)ccc1Cl. The molecule has 0 spiro atoms. The molecule has 1 aliphatic carbocycles. The second-order valence-corrected chi connectivity index (χ2v) is 11.2. The van der Waals surface area contributed by atoms with Crippen LogP contribution in [0.4, 0.5) is 10.1 Å². The van der Waals surface area contributed by atoms with Crippen molar-refractivity contribution in [1.82, 2.24) is 0 Å². The van der Waals surface area contributed by atoms with Crippen molar-refractivity contribution in [2.45, 2.75) is 16.7 Å². The third kappa shape index (κ3) is 5.50. The Labute approximate surface area is 229 Å². The van der Waals surface area contributed by atoms with Crippen molar-refractivity contribution in [3.05, 3.63) is 97.2 Å². The first-order valence-corrected chi connectivity index (χ1v) is 12.5. The van der Waals surface area contributed by atoms with Gasteiger partial charge in [-0.05, 0) is 59.7 Å². The molecular weight excluding hydrogens is 601 g/mol. The molecular formula is C25H14BrCl4FN2O2. The quantitative estimate of drug-likeness (QED) is 0.228. The first-order chi connectivity index (χ1) is 16.5. The molecule has 4 rings (SSSR count). The summed E-state index contributed by atoms with van der Waals surface area (Å²) in [5.74, 6) is -2.62. The molecule has 3 aromatic carbocycles. The highest BCUT2D eigenvalue weighted by Crippen LogP contribution is 2.65. The summed E-state index contributed by atoms with van der Waals surface area (Å²) < 4.78 is 12.8. The van der Waals surface area contributed by atoms with Crippen LogP contribution in [-0.2, 0) is 11.2 Å². The van der Waals surface area contributed by atoms with Gasteiger partial charge < -0.3 is 5.32 Å². The second kappa shape index (κ2) is 10.1. The van der Waals surface area contributed by atoms with E-state index in [1.165, 1.54) is 24.3 Å². The summed E-state index contributed by atoms with van der Waals surface area (Å²) in [7, 11) is 0. The Morgan fingerprint density at radius 2 is 1.83 bits per heavy atom. The zero-order valence-electron chi connectivity index (χ0n) is 17.6. The van der Waals surface area contributed by atoms with E-state index in [1.807, 2.05) is 6.07 Å². The van der Waals surface area contributed by atoms with Gasteiger partial charge in [0.05, 0.1) is 22.6 Å². The van der Waals surface area contributed by atoms with Gasteiger partial charge in [0.1, 0.15) is 10.2 Å². The van der Waals surface area contributed by atoms with E-state index in [4.69, 9.17) is 46.4 Å². The van der Waals surface area contributed by atoms with Crippen LogP contribution in [-0.4, -0.2) is 16.0 Å². The van der Waals surface area contributed by atoms with E-state index in [-0.39, 0.29) is 22.6 Å². The molecule has 1 N–H and O–H groups in total. The molecule has 0 bridgehead atoms. The van der Waals surface area contributed by atoms with Gasteiger partial charge in [0.25, 0.3) is 0 Å². The Balaban J connectivity index is 1.53. The minimum atomic E-state index is -1.32. The Morgan fingerprint density at radius 1 is 1.09 bits per heavy atom. The fraction of sp³-hybridized carbons (Fsp3) is 0.160. The lowest BCUT2D eigenvalue weighted by atomic mass is 9.98. The number of carbonyl (C=O) groups is 2. The minimum Gasteiger partial charge on any atom is -0.326 e. The van der Waals surface area contributed by atoms with E-state index in [0.717, 1.165) is 10.5 Å². The van der Waals surface area contributed by atoms with E-state index >= 15 is 0 Å². The lowest BCUT2D eigenvalue weighted by Crippen LogP contribution is -2.17. The number of amides is 1. The summed E-state index contributed by atoms with van der Waals surface area (Å²) in [5.41, 5.74) is 1.62. The van der Waals surface area contributed by atoms with Gasteiger partial charge in [0, 0.05) is 33.1 Å². The van der Waals surface area contributed by atoms with Crippen LogP contribution in [0.15, 0.2) is 59.1 Å². The number of nitrogens with zero attached hydrogens (tertiary/aromatic N) is 1. The standard InChI is InChI=1S/C25H14BrCl4FN2O2/c26-15-5-13(6-16(27)9-15)22-23(25(22,29)30)24(35)33-18-3-4-20(28)19(10-18)21(34)8-12-1-2-17(31)7-14(12)11-32/h1-7,9-10,22-23H,8H2,(H,33,35). The van der Waals surface area contributed by atoms with Gasteiger partial charge >= 0.3 is 0 Å². The Morgan fingerprint density at radius 3 is 2.51 bits per heavy atom. The van der Waals surface area contributed by atoms with E-state index < -0.39 is 33.7 Å². The Kier molecular flexibility index (Phi) is 7.47. The molecule has 0 aliphatic heterocycles. The zero-order chi connectivity index (χ0) is 25.5. The number of benzene rings is 3. The maximum absolute atomic E-state index is 13.4. The van der Waals surface area contributed by atoms with Crippen molar-refractivity contribution in [3.8, 4) is 6.07 Å². The van der Waals surface area contributed by atoms with Crippen molar-refractivity contribution >= 4 is 79.7 Å². The number of halogens is 6. The first kappa shape index (κ1) is 25.9. The maximum atomic E-state index is 13.4. The molecule has 2 unspecified atom stereocenters. The number of rotatable bonds is 6. The summed E-state index contributed by atoms with van der Waals surface area (Å²) in [4.78, 5) is 25.9. The number of hydrogen-bond donors (Lipinski definition) is 1. The van der Waals surface area contributed by atoms with Gasteiger partial charge in [-0.2, -0.15) is 5.26 Å². The van der Waals surface area contributed by atoms with Gasteiger partial charge in [-0.3, -0.25) is 9.59 Å². The molecule has 0 saturated heterocycles. The molecule has 35 heavy (non-hydrogen) atoms. The number of nitriles is 1. The summed E-state index contributed by atoms with van der Waals surface area (Å²) >= 11 is 28.6. The van der Waals surface area contributed by atoms with Crippen LogP contribution >= 0.6 is 62.3 Å². The topological polar surface area (TPSA) is 70.0 Å². The molecule has 2 atom stereocenters. The minimum absolute atomic E-state index is 0.0620. The first-order valence-electron chi connectivity index (χ1n) is 10.2. The summed E-state index contributed by atoms with van der Waals surface area (Å²) in [6.07, 6.45) is -0.166. The van der Waals surface area contributed by atoms with Crippen LogP contribution in [0.1, 0.15) is 33.0 Å². The molecule has 3 aromatic rings. The summed E-state index contributed by atoms with van der Waals surface area (Å²) in [6, 6.07) is 15.2. The third-order valence-corrected chi connectivity index (χ3v) is 7.60. The average Bonchev–Trinajstić information content (AvgIpc) is 3.37. The van der Waals surface area contributed by atoms with Crippen LogP contribution in [0.2, 0.25) is 10.0 Å². The fourth-order valence-electron chi connectivity index (χ4n) is 3.93. The van der Waals surface area contributed by atoms with Gasteiger partial charge in [-0.15, -0.1) is 23.2 Å². The van der Waals surface area contributed by atoms with E-state index in [2.05, 4.69) is 21.2 Å². The molecule has 0 radical (unpaired) electrons. The Bertz CT molecular complexity index is 1390. The highest BCUT2D eigenvalue weighted by molar-refractivity contribution is 9.10. The molecule has 1 aliphatic rings. The number of alkyl halides is 2. The molecule has 1 fully saturated rings. The van der Waals surface area contributed by atoms with Crippen LogP contribution in [0.25, 0.3) is 0 Å². The predicted molar refractivity (Wildman–Crippen MR) is 139 cm³/mol. The van der Waals surface area contributed by atoms with E-state index in [0.29, 0.717) is 21.8 Å². The third-order valence-electron chi connectivity index (χ3n) is 5.66. The molecule has 10 heteroatoms. The monoisotopic (exact) mass is 612 g/mol. The lowest BCUT2D eigenvalue weighted by molar-refractivity contribution is -0.117. The fourth-order valence-corrected chi connectivity index (χ4v) is 5.87. The number of Topliss-reactive ketones (excluding diaryl/α,β-unsaturated/α-hetero) is 1. The number of ketones is 1. The van der Waals surface area contributed by atoms with Crippen molar-refractivity contribution in [1.29, 1.82) is 5.26 Å². The van der Waals surface area contributed by atoms with Crippen molar-refractivity contribution in [2.24, 2.45) is 5.92 Å². The molecule has 0 heterocycles. The Hall–Kier alpha value is -2.14. The largest absolute Gasteiger partial charge is 0.326 e. The summed E-state index contributed by atoms with van der Waals surface area (Å²) in [6.45, 7) is 0. The van der Waals surface area contributed by atoms with Crippen LogP contribution in [0, 0.1) is 23.1 Å². The average molecular weight is 615 g/mol. The van der Waals surface area contributed by atoms with Gasteiger partial charge in [0.2, 0.25) is 5.91 Å². The molecule has 1 amide bonds. The van der Waals surface area contributed by atoms with Crippen LogP contribution in [0.5, 0.6) is 0 Å². The van der Waals surface area contributed by atoms with E-state index in [1.54, 1.807) is 24.3 Å². The molecule has 1 saturated carbocycles. The zero-order valence-corrected chi connectivity index (χ0v) is 22.2. The van der Waals surface area contributed by atoms with Crippen LogP contribution < -0.4 is 5.32 Å². The molecule has 4 nitrogen and oxygen atoms in total. The molecule has 0 aromatic heterocycles. The number of hydrogen-bond acceptors (Lipinski definition) is 3. The second-order valence-electron chi connectivity index (χ2n) is 8.03. The number of carbonyl (C=O) groups excluding carboxylic acids is 2. The normalized spacial score (nSPS) is 18.0. The van der Waals surface area contributed by atoms with Crippen LogP contribution in [0.3, 0.4) is 0 Å². The van der Waals surface area contributed by atoms with Crippen molar-refractivity contribution in [2.75, 3.05) is 5.32 Å². The van der Waals surface area contributed by atoms with E-state index in [9.17, 15) is 19.2 Å². The van der Waals surface area contributed by atoms with Crippen molar-refractivity contribution < 1.29 is 14.0 Å². The number of nitrogens with one attached hydrogen (secondary N) is 1. The highest BCUT2D eigenvalue weighted by atomic mass is 79.9. The smallest absolute Gasteiger partial charge is 0.231 e. The molecule has 178 valence electrons. The lowest BCUT2D eigenvalue weighted by Gasteiger charge is -2.10. The summed E-state index contributed by atoms with van der Waals surface area (Å²) in [5, 5.41) is 12.6. The maximum Gasteiger partial charge on any atom is 0.231 e. The number of anilines is 1. The van der Waals surface area contributed by atoms with Gasteiger partial charge in [-0.1, -0.05) is 45.2 Å². The predicted octanol–water partition coefficient (Wildman–Crippen LogP) is 7.72. The highest BCUT2D eigenvalue weighted by Gasteiger charge is 2.67.